The molecule has 0 atom stereocenters. The van der Waals surface area contributed by atoms with Crippen LogP contribution in [0.4, 0.5) is 15.9 Å². The van der Waals surface area contributed by atoms with Gasteiger partial charge < -0.3 is 15.8 Å². The summed E-state index contributed by atoms with van der Waals surface area (Å²) in [5.41, 5.74) is 5.98. The van der Waals surface area contributed by atoms with Crippen LogP contribution in [0.1, 0.15) is 15.9 Å². The summed E-state index contributed by atoms with van der Waals surface area (Å²) in [5.74, 6) is -1.52. The average molecular weight is 485 g/mol. The van der Waals surface area contributed by atoms with E-state index in [4.69, 9.17) is 10.5 Å². The molecule has 0 fully saturated rings. The number of primary amides is 1. The number of pyridine rings is 1. The van der Waals surface area contributed by atoms with Gasteiger partial charge in [-0.2, -0.15) is 0 Å². The molecule has 0 bridgehead atoms. The number of halogens is 1. The Morgan fingerprint density at radius 2 is 1.85 bits per heavy atom. The number of carbonyl (C=O) groups excluding carboxylic acids is 1. The molecule has 2 aromatic heterocycles. The van der Waals surface area contributed by atoms with Gasteiger partial charge in [0.15, 0.2) is 0 Å². The second-order valence-electron chi connectivity index (χ2n) is 7.77. The van der Waals surface area contributed by atoms with Crippen molar-refractivity contribution in [2.75, 3.05) is 11.6 Å². The van der Waals surface area contributed by atoms with Gasteiger partial charge >= 0.3 is 0 Å². The van der Waals surface area contributed by atoms with Crippen LogP contribution in [0.2, 0.25) is 0 Å². The van der Waals surface area contributed by atoms with Gasteiger partial charge in [-0.25, -0.2) is 16.8 Å². The Hall–Kier alpha value is -4.12. The average Bonchev–Trinajstić information content (AvgIpc) is 3.19. The highest BCUT2D eigenvalue weighted by atomic mass is 32.2. The molecule has 0 spiro atoms. The molecule has 11 heteroatoms. The van der Waals surface area contributed by atoms with Gasteiger partial charge in [0, 0.05) is 24.7 Å². The standard InChI is InChI=1S/C23H21FN4O5S/c1-13-7-8-16(15(24)11-13)26-23-21(22(25)30)19(12-20(29)27(23)2)33-18-6-4-5-17-14(18)9-10-28(17)34(3,31)32/h4-12,26H,1-3H3,(H2,25,30). The van der Waals surface area contributed by atoms with Crippen LogP contribution in [0.5, 0.6) is 11.5 Å². The first-order valence-corrected chi connectivity index (χ1v) is 11.9. The van der Waals surface area contributed by atoms with E-state index in [-0.39, 0.29) is 28.6 Å². The lowest BCUT2D eigenvalue weighted by molar-refractivity contribution is 0.0998. The molecule has 0 radical (unpaired) electrons. The predicted octanol–water partition coefficient (Wildman–Crippen LogP) is 3.23. The molecule has 3 N–H and O–H groups in total. The molecule has 1 amide bonds. The maximum absolute atomic E-state index is 14.5. The maximum atomic E-state index is 14.5. The first-order chi connectivity index (χ1) is 16.0. The lowest BCUT2D eigenvalue weighted by Gasteiger charge is -2.18. The van der Waals surface area contributed by atoms with Gasteiger partial charge in [-0.1, -0.05) is 12.1 Å². The van der Waals surface area contributed by atoms with Crippen LogP contribution in [0, 0.1) is 12.7 Å². The lowest BCUT2D eigenvalue weighted by Crippen LogP contribution is -2.25. The fourth-order valence-electron chi connectivity index (χ4n) is 3.60. The highest BCUT2D eigenvalue weighted by Crippen LogP contribution is 2.35. The quantitative estimate of drug-likeness (QED) is 0.433. The van der Waals surface area contributed by atoms with Crippen molar-refractivity contribution in [2.24, 2.45) is 12.8 Å². The summed E-state index contributed by atoms with van der Waals surface area (Å²) in [7, 11) is -2.17. The lowest BCUT2D eigenvalue weighted by atomic mass is 10.1. The van der Waals surface area contributed by atoms with E-state index >= 15 is 0 Å². The zero-order valence-electron chi connectivity index (χ0n) is 18.5. The molecular formula is C23H21FN4O5S. The number of carbonyl (C=O) groups is 1. The van der Waals surface area contributed by atoms with E-state index in [1.807, 2.05) is 0 Å². The summed E-state index contributed by atoms with van der Waals surface area (Å²) in [4.78, 5) is 25.1. The van der Waals surface area contributed by atoms with E-state index in [0.29, 0.717) is 16.5 Å². The van der Waals surface area contributed by atoms with Crippen molar-refractivity contribution in [1.82, 2.24) is 8.54 Å². The topological polar surface area (TPSA) is 125 Å². The smallest absolute Gasteiger partial charge is 0.256 e. The Bertz CT molecular complexity index is 1620. The first kappa shape index (κ1) is 23.1. The highest BCUT2D eigenvalue weighted by molar-refractivity contribution is 7.89. The molecule has 0 aliphatic carbocycles. The van der Waals surface area contributed by atoms with Crippen LogP contribution in [-0.2, 0) is 17.1 Å². The highest BCUT2D eigenvalue weighted by Gasteiger charge is 2.23. The molecule has 0 aliphatic rings. The molecule has 0 aliphatic heterocycles. The molecule has 9 nitrogen and oxygen atoms in total. The number of nitrogens with zero attached hydrogens (tertiary/aromatic N) is 2. The number of hydrogen-bond donors (Lipinski definition) is 2. The van der Waals surface area contributed by atoms with Crippen LogP contribution in [-0.4, -0.2) is 29.1 Å². The van der Waals surface area contributed by atoms with Crippen LogP contribution in [0.3, 0.4) is 0 Å². The molecule has 0 saturated carbocycles. The van der Waals surface area contributed by atoms with Crippen LogP contribution >= 0.6 is 0 Å². The minimum absolute atomic E-state index is 0.0348. The number of anilines is 2. The van der Waals surface area contributed by atoms with E-state index in [1.54, 1.807) is 31.2 Å². The molecule has 2 aromatic carbocycles. The summed E-state index contributed by atoms with van der Waals surface area (Å²) >= 11 is 0. The fourth-order valence-corrected chi connectivity index (χ4v) is 4.40. The largest absolute Gasteiger partial charge is 0.455 e. The Labute approximate surface area is 194 Å². The molecule has 0 unspecified atom stereocenters. The molecule has 4 aromatic rings. The van der Waals surface area contributed by atoms with Crippen molar-refractivity contribution >= 4 is 38.3 Å². The van der Waals surface area contributed by atoms with Crippen LogP contribution in [0.15, 0.2) is 59.5 Å². The van der Waals surface area contributed by atoms with Crippen LogP contribution < -0.4 is 21.3 Å². The zero-order valence-corrected chi connectivity index (χ0v) is 19.3. The van der Waals surface area contributed by atoms with Gasteiger partial charge in [-0.15, -0.1) is 0 Å². The molecule has 4 rings (SSSR count). The van der Waals surface area contributed by atoms with Gasteiger partial charge in [-0.3, -0.25) is 14.2 Å². The third-order valence-corrected chi connectivity index (χ3v) is 6.30. The normalized spacial score (nSPS) is 11.5. The van der Waals surface area contributed by atoms with Gasteiger partial charge in [0.25, 0.3) is 11.5 Å². The van der Waals surface area contributed by atoms with Crippen molar-refractivity contribution in [2.45, 2.75) is 6.92 Å². The summed E-state index contributed by atoms with van der Waals surface area (Å²) in [5, 5.41) is 3.20. The molecule has 2 heterocycles. The minimum atomic E-state index is -3.57. The monoisotopic (exact) mass is 484 g/mol. The first-order valence-electron chi connectivity index (χ1n) is 10.0. The fraction of sp³-hybridized carbons (Fsp3) is 0.130. The van der Waals surface area contributed by atoms with Crippen molar-refractivity contribution in [3.63, 3.8) is 0 Å². The molecule has 0 saturated heterocycles. The number of rotatable bonds is 6. The van der Waals surface area contributed by atoms with Crippen molar-refractivity contribution in [3.05, 3.63) is 82.0 Å². The molecule has 34 heavy (non-hydrogen) atoms. The summed E-state index contributed by atoms with van der Waals surface area (Å²) in [6, 6.07) is 11.8. The number of amides is 1. The third kappa shape index (κ3) is 4.13. The van der Waals surface area contributed by atoms with Gasteiger partial charge in [0.05, 0.1) is 17.5 Å². The SMILES string of the molecule is Cc1ccc(Nc2c(C(N)=O)c(Oc3cccc4c3ccn4S(C)(=O)=O)cc(=O)n2C)c(F)c1. The Balaban J connectivity index is 1.87. The number of hydrogen-bond acceptors (Lipinski definition) is 6. The third-order valence-electron chi connectivity index (χ3n) is 5.26. The molecule has 176 valence electrons. The number of nitrogens with one attached hydrogen (secondary N) is 1. The number of nitrogens with two attached hydrogens (primary N) is 1. The zero-order chi connectivity index (χ0) is 24.8. The number of aryl methyl sites for hydroxylation is 1. The second kappa shape index (κ2) is 8.34. The number of aromatic nitrogens is 2. The van der Waals surface area contributed by atoms with Gasteiger partial charge in [-0.05, 0) is 42.8 Å². The minimum Gasteiger partial charge on any atom is -0.455 e. The van der Waals surface area contributed by atoms with Gasteiger partial charge in [0.2, 0.25) is 10.0 Å². The Morgan fingerprint density at radius 3 is 2.50 bits per heavy atom. The van der Waals surface area contributed by atoms with E-state index in [9.17, 15) is 22.4 Å². The van der Waals surface area contributed by atoms with Crippen molar-refractivity contribution < 1.29 is 22.3 Å². The van der Waals surface area contributed by atoms with Gasteiger partial charge in [0.1, 0.15) is 28.7 Å². The molecular weight excluding hydrogens is 463 g/mol. The summed E-state index contributed by atoms with van der Waals surface area (Å²) in [6.45, 7) is 1.73. The number of ether oxygens (including phenoxy) is 1. The maximum Gasteiger partial charge on any atom is 0.256 e. The second-order valence-corrected chi connectivity index (χ2v) is 9.63. The summed E-state index contributed by atoms with van der Waals surface area (Å²) in [6.07, 6.45) is 2.44. The van der Waals surface area contributed by atoms with Crippen molar-refractivity contribution in [1.29, 1.82) is 0 Å². The van der Waals surface area contributed by atoms with E-state index in [1.165, 1.54) is 31.4 Å². The Morgan fingerprint density at radius 1 is 1.12 bits per heavy atom. The summed E-state index contributed by atoms with van der Waals surface area (Å²) < 4.78 is 46.7. The number of fused-ring (bicyclic) bond motifs is 1. The van der Waals surface area contributed by atoms with E-state index in [2.05, 4.69) is 5.32 Å². The van der Waals surface area contributed by atoms with E-state index < -0.39 is 27.3 Å². The number of benzene rings is 2. The van der Waals surface area contributed by atoms with E-state index in [0.717, 1.165) is 20.9 Å². The predicted molar refractivity (Wildman–Crippen MR) is 127 cm³/mol. The Kier molecular flexibility index (Phi) is 5.65. The van der Waals surface area contributed by atoms with Crippen LogP contribution in [0.25, 0.3) is 10.9 Å². The van der Waals surface area contributed by atoms with Crippen molar-refractivity contribution in [3.8, 4) is 11.5 Å².